The Morgan fingerprint density at radius 1 is 1.21 bits per heavy atom. The Kier molecular flexibility index (Phi) is 6.55. The molecule has 1 saturated heterocycles. The van der Waals surface area contributed by atoms with Crippen molar-refractivity contribution >= 4 is 12.0 Å². The van der Waals surface area contributed by atoms with E-state index in [4.69, 9.17) is 4.74 Å². The number of H-pyrrole nitrogens is 1. The van der Waals surface area contributed by atoms with Crippen LogP contribution in [-0.2, 0) is 17.3 Å². The highest BCUT2D eigenvalue weighted by atomic mass is 19.4. The predicted octanol–water partition coefficient (Wildman–Crippen LogP) is 3.73. The van der Waals surface area contributed by atoms with E-state index in [9.17, 15) is 22.8 Å². The quantitative estimate of drug-likeness (QED) is 0.703. The molecule has 8 nitrogen and oxygen atoms in total. The minimum absolute atomic E-state index is 0.0384. The standard InChI is InChI=1S/C23H28F3N5O3/c1-13-12-31(14(2)11-30(13)21-28-9-18(10-29-21)17-4-5-17)22(33)34-15(3)6-16-7-19(23(24,25)26)20(32)27-8-16/h7-10,13-15,17H,4-6,11-12H2,1-3H3,(H,27,32)/t13-,14+,15-/m0/s1. The number of ether oxygens (including phenoxy) is 1. The fourth-order valence-corrected chi connectivity index (χ4v) is 4.24. The zero-order chi connectivity index (χ0) is 24.6. The summed E-state index contributed by atoms with van der Waals surface area (Å²) < 4.78 is 44.5. The molecular weight excluding hydrogens is 451 g/mol. The summed E-state index contributed by atoms with van der Waals surface area (Å²) in [5, 5.41) is 0. The molecule has 2 aromatic heterocycles. The lowest BCUT2D eigenvalue weighted by Gasteiger charge is -2.43. The van der Waals surface area contributed by atoms with Crippen molar-refractivity contribution in [3.63, 3.8) is 0 Å². The maximum atomic E-state index is 13.0. The summed E-state index contributed by atoms with van der Waals surface area (Å²) in [4.78, 5) is 39.1. The number of rotatable bonds is 5. The third-order valence-corrected chi connectivity index (χ3v) is 6.28. The van der Waals surface area contributed by atoms with Gasteiger partial charge in [0.1, 0.15) is 11.7 Å². The third kappa shape index (κ3) is 5.34. The molecular formula is C23H28F3N5O3. The van der Waals surface area contributed by atoms with Gasteiger partial charge in [-0.3, -0.25) is 4.79 Å². The fourth-order valence-electron chi connectivity index (χ4n) is 4.24. The maximum Gasteiger partial charge on any atom is 0.421 e. The first-order valence-corrected chi connectivity index (χ1v) is 11.4. The SMILES string of the molecule is C[C@@H]1CN(c2ncc(C3CC3)cn2)[C@@H](C)CN1C(=O)O[C@@H](C)Cc1c[nH]c(=O)c(C(F)(F)F)c1. The third-order valence-electron chi connectivity index (χ3n) is 6.28. The summed E-state index contributed by atoms with van der Waals surface area (Å²) in [6.07, 6.45) is 1.40. The van der Waals surface area contributed by atoms with Gasteiger partial charge >= 0.3 is 12.3 Å². The van der Waals surface area contributed by atoms with E-state index in [-0.39, 0.29) is 24.1 Å². The summed E-state index contributed by atoms with van der Waals surface area (Å²) >= 11 is 0. The van der Waals surface area contributed by atoms with Crippen LogP contribution < -0.4 is 10.5 Å². The highest BCUT2D eigenvalue weighted by Gasteiger charge is 2.36. The molecule has 1 N–H and O–H groups in total. The summed E-state index contributed by atoms with van der Waals surface area (Å²) in [6, 6.07) is 0.577. The van der Waals surface area contributed by atoms with Crippen LogP contribution in [0.1, 0.15) is 56.2 Å². The van der Waals surface area contributed by atoms with Crippen molar-refractivity contribution in [1.29, 1.82) is 0 Å². The van der Waals surface area contributed by atoms with Crippen LogP contribution in [0.5, 0.6) is 0 Å². The maximum absolute atomic E-state index is 13.0. The number of anilines is 1. The molecule has 1 saturated carbocycles. The normalized spacial score (nSPS) is 21.9. The number of hydrogen-bond acceptors (Lipinski definition) is 6. The van der Waals surface area contributed by atoms with Crippen molar-refractivity contribution in [2.45, 2.75) is 70.3 Å². The van der Waals surface area contributed by atoms with Crippen LogP contribution >= 0.6 is 0 Å². The van der Waals surface area contributed by atoms with Gasteiger partial charge in [0, 0.05) is 50.2 Å². The number of aromatic nitrogens is 3. The second kappa shape index (κ2) is 9.27. The van der Waals surface area contributed by atoms with E-state index in [1.54, 1.807) is 11.8 Å². The van der Waals surface area contributed by atoms with Gasteiger partial charge in [0.15, 0.2) is 0 Å². The van der Waals surface area contributed by atoms with Gasteiger partial charge in [-0.2, -0.15) is 13.2 Å². The number of aromatic amines is 1. The van der Waals surface area contributed by atoms with E-state index < -0.39 is 29.5 Å². The van der Waals surface area contributed by atoms with Crippen molar-refractivity contribution in [3.8, 4) is 0 Å². The van der Waals surface area contributed by atoms with Gasteiger partial charge in [-0.05, 0) is 56.7 Å². The lowest BCUT2D eigenvalue weighted by atomic mass is 10.1. The summed E-state index contributed by atoms with van der Waals surface area (Å²) in [5.41, 5.74) is -1.09. The minimum atomic E-state index is -4.75. The Labute approximate surface area is 195 Å². The van der Waals surface area contributed by atoms with Crippen LogP contribution in [0.4, 0.5) is 23.9 Å². The summed E-state index contributed by atoms with van der Waals surface area (Å²) in [7, 11) is 0. The molecule has 0 spiro atoms. The summed E-state index contributed by atoms with van der Waals surface area (Å²) in [6.45, 7) is 6.42. The first-order valence-electron chi connectivity index (χ1n) is 11.4. The molecule has 0 radical (unpaired) electrons. The number of halogens is 3. The van der Waals surface area contributed by atoms with Crippen LogP contribution in [0, 0.1) is 0 Å². The molecule has 1 aliphatic heterocycles. The molecule has 0 unspecified atom stereocenters. The Bertz CT molecular complexity index is 1080. The zero-order valence-corrected chi connectivity index (χ0v) is 19.3. The van der Waals surface area contributed by atoms with Gasteiger partial charge in [-0.25, -0.2) is 14.8 Å². The molecule has 2 fully saturated rings. The number of piperazine rings is 1. The fraction of sp³-hybridized carbons (Fsp3) is 0.565. The highest BCUT2D eigenvalue weighted by Crippen LogP contribution is 2.39. The lowest BCUT2D eigenvalue weighted by Crippen LogP contribution is -2.59. The number of carbonyl (C=O) groups excluding carboxylic acids is 1. The highest BCUT2D eigenvalue weighted by molar-refractivity contribution is 5.69. The van der Waals surface area contributed by atoms with E-state index in [1.165, 1.54) is 19.0 Å². The molecule has 34 heavy (non-hydrogen) atoms. The number of hydrogen-bond donors (Lipinski definition) is 1. The molecule has 2 aliphatic rings. The molecule has 3 atom stereocenters. The monoisotopic (exact) mass is 479 g/mol. The number of pyridine rings is 1. The number of alkyl halides is 3. The van der Waals surface area contributed by atoms with Gasteiger partial charge in [-0.1, -0.05) is 0 Å². The molecule has 0 aromatic carbocycles. The first-order chi connectivity index (χ1) is 16.0. The Morgan fingerprint density at radius 2 is 1.88 bits per heavy atom. The van der Waals surface area contributed by atoms with Crippen LogP contribution in [0.15, 0.2) is 29.5 Å². The smallest absolute Gasteiger partial charge is 0.421 e. The van der Waals surface area contributed by atoms with Crippen LogP contribution in [-0.4, -0.2) is 57.2 Å². The van der Waals surface area contributed by atoms with Crippen molar-refractivity contribution in [2.24, 2.45) is 0 Å². The van der Waals surface area contributed by atoms with Crippen molar-refractivity contribution < 1.29 is 22.7 Å². The molecule has 184 valence electrons. The van der Waals surface area contributed by atoms with Gasteiger partial charge in [0.2, 0.25) is 5.95 Å². The molecule has 0 bridgehead atoms. The topological polar surface area (TPSA) is 91.4 Å². The molecule has 11 heteroatoms. The Morgan fingerprint density at radius 3 is 2.50 bits per heavy atom. The molecule has 3 heterocycles. The van der Waals surface area contributed by atoms with Crippen LogP contribution in [0.3, 0.4) is 0 Å². The van der Waals surface area contributed by atoms with E-state index in [2.05, 4.69) is 19.9 Å². The first kappa shape index (κ1) is 24.0. The second-order valence-corrected chi connectivity index (χ2v) is 9.24. The van der Waals surface area contributed by atoms with Crippen LogP contribution in [0.25, 0.3) is 0 Å². The molecule has 4 rings (SSSR count). The van der Waals surface area contributed by atoms with Gasteiger partial charge < -0.3 is 19.5 Å². The number of amides is 1. The Balaban J connectivity index is 1.35. The minimum Gasteiger partial charge on any atom is -0.446 e. The average molecular weight is 480 g/mol. The van der Waals surface area contributed by atoms with E-state index in [0.717, 1.165) is 11.6 Å². The van der Waals surface area contributed by atoms with Crippen molar-refractivity contribution in [3.05, 3.63) is 51.7 Å². The molecule has 2 aromatic rings. The second-order valence-electron chi connectivity index (χ2n) is 9.24. The number of nitrogens with one attached hydrogen (secondary N) is 1. The van der Waals surface area contributed by atoms with E-state index in [0.29, 0.717) is 25.0 Å². The van der Waals surface area contributed by atoms with E-state index >= 15 is 0 Å². The van der Waals surface area contributed by atoms with Gasteiger partial charge in [-0.15, -0.1) is 0 Å². The lowest BCUT2D eigenvalue weighted by molar-refractivity contribution is -0.138. The van der Waals surface area contributed by atoms with E-state index in [1.807, 2.05) is 26.2 Å². The van der Waals surface area contributed by atoms with Gasteiger partial charge in [0.05, 0.1) is 0 Å². The summed E-state index contributed by atoms with van der Waals surface area (Å²) in [5.74, 6) is 1.21. The van der Waals surface area contributed by atoms with Crippen LogP contribution in [0.2, 0.25) is 0 Å². The molecule has 1 amide bonds. The predicted molar refractivity (Wildman–Crippen MR) is 119 cm³/mol. The Hall–Kier alpha value is -3.11. The number of carbonyl (C=O) groups is 1. The number of nitrogens with zero attached hydrogens (tertiary/aromatic N) is 4. The van der Waals surface area contributed by atoms with Gasteiger partial charge in [0.25, 0.3) is 5.56 Å². The van der Waals surface area contributed by atoms with Crippen molar-refractivity contribution in [2.75, 3.05) is 18.0 Å². The zero-order valence-electron chi connectivity index (χ0n) is 19.3. The largest absolute Gasteiger partial charge is 0.446 e. The van der Waals surface area contributed by atoms with Crippen molar-refractivity contribution in [1.82, 2.24) is 19.9 Å². The molecule has 1 aliphatic carbocycles. The average Bonchev–Trinajstić information content (AvgIpc) is 3.61.